The molecule has 0 saturated heterocycles. The van der Waals surface area contributed by atoms with E-state index in [0.717, 1.165) is 66.7 Å². The Morgan fingerprint density at radius 3 is 1.80 bits per heavy atom. The molecule has 4 aromatic carbocycles. The number of rotatable bonds is 19. The van der Waals surface area contributed by atoms with Gasteiger partial charge in [0.05, 0.1) is 54.3 Å². The minimum absolute atomic E-state index is 0.106. The molecule has 4 aromatic rings. The Morgan fingerprint density at radius 1 is 0.549 bits per heavy atom. The van der Waals surface area contributed by atoms with Crippen LogP contribution in [0, 0.1) is 0 Å². The number of nitrogens with one attached hydrogen (secondary N) is 2. The van der Waals surface area contributed by atoms with Gasteiger partial charge in [-0.05, 0) is 78.1 Å². The summed E-state index contributed by atoms with van der Waals surface area (Å²) in [5.74, 6) is 4.41. The highest BCUT2D eigenvalue weighted by Crippen LogP contribution is 2.39. The van der Waals surface area contributed by atoms with Gasteiger partial charge in [-0.3, -0.25) is 4.79 Å². The average molecular weight is 697 g/mol. The Balaban J connectivity index is 1.01. The van der Waals surface area contributed by atoms with Gasteiger partial charge in [0.1, 0.15) is 6.17 Å². The zero-order chi connectivity index (χ0) is 36.0. The van der Waals surface area contributed by atoms with Gasteiger partial charge in [0.25, 0.3) is 5.91 Å². The molecule has 10 nitrogen and oxygen atoms in total. The Kier molecular flexibility index (Phi) is 13.3. The Bertz CT molecular complexity index is 1760. The summed E-state index contributed by atoms with van der Waals surface area (Å²) in [6.07, 6.45) is 9.96. The van der Waals surface area contributed by atoms with Crippen LogP contribution in [0.1, 0.15) is 71.7 Å². The zero-order valence-corrected chi connectivity index (χ0v) is 30.1. The highest BCUT2D eigenvalue weighted by molar-refractivity contribution is 6.01. The van der Waals surface area contributed by atoms with Crippen LogP contribution in [0.4, 0.5) is 5.69 Å². The van der Waals surface area contributed by atoms with Crippen molar-refractivity contribution >= 4 is 23.7 Å². The van der Waals surface area contributed by atoms with Crippen LogP contribution in [0.3, 0.4) is 0 Å². The van der Waals surface area contributed by atoms with E-state index < -0.39 is 0 Å². The summed E-state index contributed by atoms with van der Waals surface area (Å²) in [4.78, 5) is 12.6. The van der Waals surface area contributed by atoms with Gasteiger partial charge in [-0.25, -0.2) is 0 Å². The topological polar surface area (TPSA) is 106 Å². The average Bonchev–Trinajstić information content (AvgIpc) is 3.17. The highest BCUT2D eigenvalue weighted by Gasteiger charge is 2.25. The smallest absolute Gasteiger partial charge is 0.255 e. The first-order valence-corrected chi connectivity index (χ1v) is 17.2. The number of para-hydroxylation sites is 1. The van der Waals surface area contributed by atoms with Crippen molar-refractivity contribution in [1.29, 1.82) is 0 Å². The number of methoxy groups -OCH3 is 5. The molecule has 0 saturated carbocycles. The molecule has 1 heterocycles. The molecule has 0 aliphatic carbocycles. The molecular formula is C41H48N2O8. The van der Waals surface area contributed by atoms with Gasteiger partial charge in [-0.15, -0.1) is 0 Å². The van der Waals surface area contributed by atoms with Crippen LogP contribution >= 0.6 is 0 Å². The van der Waals surface area contributed by atoms with E-state index in [0.29, 0.717) is 53.3 Å². The fraction of sp³-hybridized carbons (Fsp3) is 0.341. The van der Waals surface area contributed by atoms with Crippen LogP contribution in [-0.2, 0) is 0 Å². The number of hydrogen-bond acceptors (Lipinski definition) is 9. The fourth-order valence-corrected chi connectivity index (χ4v) is 5.93. The molecule has 0 radical (unpaired) electrons. The lowest BCUT2D eigenvalue weighted by atomic mass is 10.1. The standard InChI is InChI=1S/C41H48N2O8/c1-45-33-20-18-28(16-17-29-25-37(47-3)39(49-5)38(26-29)48-4)24-36(33)51-23-13-9-7-6-8-12-22-50-34-21-19-30(27-35(34)46-2)40-42-32-15-11-10-14-31(32)41(44)43-40/h10-11,14-21,24-27,40,42H,6-9,12-13,22-23H2,1-5H3,(H,43,44)/b17-16+. The number of unbranched alkanes of at least 4 members (excludes halogenated alkanes) is 5. The maximum absolute atomic E-state index is 12.6. The number of carbonyl (C=O) groups is 1. The molecule has 5 rings (SSSR count). The van der Waals surface area contributed by atoms with Crippen molar-refractivity contribution in [3.05, 3.63) is 95.1 Å². The summed E-state index contributed by atoms with van der Waals surface area (Å²) in [7, 11) is 8.07. The van der Waals surface area contributed by atoms with Crippen LogP contribution in [0.15, 0.2) is 72.8 Å². The number of benzene rings is 4. The van der Waals surface area contributed by atoms with Crippen LogP contribution in [-0.4, -0.2) is 54.7 Å². The maximum Gasteiger partial charge on any atom is 0.255 e. The maximum atomic E-state index is 12.6. The van der Waals surface area contributed by atoms with Crippen molar-refractivity contribution < 1.29 is 38.0 Å². The quantitative estimate of drug-likeness (QED) is 0.0737. The number of amides is 1. The lowest BCUT2D eigenvalue weighted by molar-refractivity contribution is 0.0935. The van der Waals surface area contributed by atoms with Gasteiger partial charge < -0.3 is 43.8 Å². The van der Waals surface area contributed by atoms with E-state index in [1.165, 1.54) is 0 Å². The van der Waals surface area contributed by atoms with Crippen molar-refractivity contribution in [2.45, 2.75) is 44.7 Å². The van der Waals surface area contributed by atoms with E-state index >= 15 is 0 Å². The summed E-state index contributed by atoms with van der Waals surface area (Å²) >= 11 is 0. The zero-order valence-electron chi connectivity index (χ0n) is 30.1. The molecule has 0 spiro atoms. The molecular weight excluding hydrogens is 648 g/mol. The van der Waals surface area contributed by atoms with E-state index in [4.69, 9.17) is 33.2 Å². The normalized spacial score (nSPS) is 13.5. The third-order valence-electron chi connectivity index (χ3n) is 8.66. The summed E-state index contributed by atoms with van der Waals surface area (Å²) < 4.78 is 39.7. The molecule has 51 heavy (non-hydrogen) atoms. The van der Waals surface area contributed by atoms with Crippen molar-refractivity contribution in [3.8, 4) is 40.2 Å². The van der Waals surface area contributed by atoms with Crippen LogP contribution in [0.25, 0.3) is 12.2 Å². The molecule has 1 amide bonds. The molecule has 0 bridgehead atoms. The fourth-order valence-electron chi connectivity index (χ4n) is 5.93. The highest BCUT2D eigenvalue weighted by atomic mass is 16.5. The first-order chi connectivity index (χ1) is 25.0. The summed E-state index contributed by atoms with van der Waals surface area (Å²) in [5.41, 5.74) is 4.23. The Hall–Kier alpha value is -5.51. The lowest BCUT2D eigenvalue weighted by Crippen LogP contribution is -2.38. The predicted octanol–water partition coefficient (Wildman–Crippen LogP) is 8.55. The largest absolute Gasteiger partial charge is 0.493 e. The first kappa shape index (κ1) is 36.8. The predicted molar refractivity (Wildman–Crippen MR) is 200 cm³/mol. The van der Waals surface area contributed by atoms with Crippen molar-refractivity contribution in [3.63, 3.8) is 0 Å². The van der Waals surface area contributed by atoms with Crippen LogP contribution in [0.2, 0.25) is 0 Å². The molecule has 0 fully saturated rings. The molecule has 270 valence electrons. The van der Waals surface area contributed by atoms with Crippen molar-refractivity contribution in [2.24, 2.45) is 0 Å². The molecule has 1 atom stereocenters. The second-order valence-electron chi connectivity index (χ2n) is 12.0. The summed E-state index contributed by atoms with van der Waals surface area (Å²) in [5, 5.41) is 6.39. The van der Waals surface area contributed by atoms with Gasteiger partial charge in [0.2, 0.25) is 5.75 Å². The molecule has 1 unspecified atom stereocenters. The summed E-state index contributed by atoms with van der Waals surface area (Å²) in [6.45, 7) is 1.22. The van der Waals surface area contributed by atoms with Crippen molar-refractivity contribution in [2.75, 3.05) is 54.1 Å². The van der Waals surface area contributed by atoms with E-state index in [-0.39, 0.29) is 12.1 Å². The molecule has 1 aliphatic rings. The van der Waals surface area contributed by atoms with E-state index in [2.05, 4.69) is 10.6 Å². The number of fused-ring (bicyclic) bond motifs is 1. The third kappa shape index (κ3) is 9.60. The lowest BCUT2D eigenvalue weighted by Gasteiger charge is -2.28. The Morgan fingerprint density at radius 2 is 1.14 bits per heavy atom. The van der Waals surface area contributed by atoms with E-state index in [1.54, 1.807) is 41.6 Å². The van der Waals surface area contributed by atoms with Gasteiger partial charge in [0.15, 0.2) is 34.5 Å². The van der Waals surface area contributed by atoms with Gasteiger partial charge in [-0.2, -0.15) is 0 Å². The van der Waals surface area contributed by atoms with Crippen LogP contribution < -0.4 is 43.8 Å². The minimum atomic E-state index is -0.350. The molecule has 1 aliphatic heterocycles. The first-order valence-electron chi connectivity index (χ1n) is 17.2. The second kappa shape index (κ2) is 18.5. The van der Waals surface area contributed by atoms with Gasteiger partial charge >= 0.3 is 0 Å². The third-order valence-corrected chi connectivity index (χ3v) is 8.66. The molecule has 2 N–H and O–H groups in total. The minimum Gasteiger partial charge on any atom is -0.493 e. The van der Waals surface area contributed by atoms with E-state index in [9.17, 15) is 4.79 Å². The number of hydrogen-bond donors (Lipinski definition) is 2. The number of ether oxygens (including phenoxy) is 7. The number of anilines is 1. The summed E-state index contributed by atoms with van der Waals surface area (Å²) in [6, 6.07) is 22.9. The second-order valence-corrected chi connectivity index (χ2v) is 12.0. The van der Waals surface area contributed by atoms with Crippen molar-refractivity contribution in [1.82, 2.24) is 5.32 Å². The van der Waals surface area contributed by atoms with Gasteiger partial charge in [-0.1, -0.05) is 62.1 Å². The number of carbonyl (C=O) groups excluding carboxylic acids is 1. The Labute approximate surface area is 300 Å². The van der Waals surface area contributed by atoms with Gasteiger partial charge in [0, 0.05) is 5.69 Å². The monoisotopic (exact) mass is 696 g/mol. The molecule has 0 aromatic heterocycles. The van der Waals surface area contributed by atoms with Crippen LogP contribution in [0.5, 0.6) is 40.2 Å². The van der Waals surface area contributed by atoms with E-state index in [1.807, 2.05) is 78.9 Å². The molecule has 10 heteroatoms. The SMILES string of the molecule is COc1cc(C2NC(=O)c3ccccc3N2)ccc1OCCCCCCCCOc1cc(/C=C/c2cc(OC)c(OC)c(OC)c2)ccc1OC.